The van der Waals surface area contributed by atoms with Crippen LogP contribution in [0.3, 0.4) is 0 Å². The van der Waals surface area contributed by atoms with Crippen LogP contribution in [0.25, 0.3) is 0 Å². The molecule has 2 aromatic rings. The third-order valence-electron chi connectivity index (χ3n) is 3.24. The van der Waals surface area contributed by atoms with Crippen LogP contribution in [0.5, 0.6) is 5.75 Å². The lowest BCUT2D eigenvalue weighted by Crippen LogP contribution is -2.32. The van der Waals surface area contributed by atoms with E-state index in [-0.39, 0.29) is 12.2 Å². The first-order valence-electron chi connectivity index (χ1n) is 7.60. The minimum atomic E-state index is -1.02. The summed E-state index contributed by atoms with van der Waals surface area (Å²) in [7, 11) is 0. The molecule has 0 saturated heterocycles. The number of rotatable bonds is 6. The number of benzene rings is 2. The molecular formula is C18H22N2O5. The molecule has 2 atom stereocenters. The van der Waals surface area contributed by atoms with Crippen molar-refractivity contribution in [2.45, 2.75) is 25.4 Å². The third-order valence-corrected chi connectivity index (χ3v) is 3.24. The number of carboxylic acid groups (broad SMARTS) is 2. The molecule has 0 aromatic heterocycles. The molecule has 7 heteroatoms. The Morgan fingerprint density at radius 1 is 1.00 bits per heavy atom. The number of nitrogens with one attached hydrogen (secondary N) is 1. The number of hydrogen-bond acceptors (Lipinski definition) is 5. The van der Waals surface area contributed by atoms with Crippen molar-refractivity contribution in [3.05, 3.63) is 60.2 Å². The molecule has 7 nitrogen and oxygen atoms in total. The predicted molar refractivity (Wildman–Crippen MR) is 94.6 cm³/mol. The van der Waals surface area contributed by atoms with Gasteiger partial charge >= 0.3 is 11.9 Å². The lowest BCUT2D eigenvalue weighted by atomic mass is 10.1. The number of hydrogen-bond donors (Lipinski definition) is 5. The van der Waals surface area contributed by atoms with Gasteiger partial charge in [-0.15, -0.1) is 0 Å². The Hall–Kier alpha value is -3.06. The SMILES string of the molecule is CC(Nc1ccccc1)C(=O)O.NC(Cc1ccc(O)cc1)C(=O)O. The molecule has 0 amide bonds. The van der Waals surface area contributed by atoms with E-state index < -0.39 is 24.0 Å². The Balaban J connectivity index is 0.000000251. The molecule has 0 aliphatic heterocycles. The van der Waals surface area contributed by atoms with Gasteiger partial charge in [-0.05, 0) is 43.2 Å². The normalized spacial score (nSPS) is 12.2. The first-order valence-corrected chi connectivity index (χ1v) is 7.60. The van der Waals surface area contributed by atoms with Crippen molar-refractivity contribution in [2.24, 2.45) is 5.73 Å². The van der Waals surface area contributed by atoms with E-state index in [1.54, 1.807) is 19.1 Å². The number of anilines is 1. The molecule has 0 fully saturated rings. The minimum absolute atomic E-state index is 0.160. The summed E-state index contributed by atoms with van der Waals surface area (Å²) < 4.78 is 0. The zero-order valence-electron chi connectivity index (χ0n) is 13.8. The number of nitrogens with two attached hydrogens (primary N) is 1. The van der Waals surface area contributed by atoms with E-state index in [9.17, 15) is 9.59 Å². The Morgan fingerprint density at radius 3 is 2.04 bits per heavy atom. The van der Waals surface area contributed by atoms with E-state index in [0.29, 0.717) is 0 Å². The molecular weight excluding hydrogens is 324 g/mol. The standard InChI is InChI=1S/C9H11NO3.C9H11NO2/c10-8(9(12)13)5-6-1-3-7(11)4-2-6;1-7(9(11)12)10-8-5-3-2-4-6-8/h1-4,8,11H,5,10H2,(H,12,13);2-7,10H,1H3,(H,11,12). The maximum atomic E-state index is 10.4. The Labute approximate surface area is 145 Å². The van der Waals surface area contributed by atoms with Gasteiger partial charge in [0.1, 0.15) is 17.8 Å². The molecule has 134 valence electrons. The van der Waals surface area contributed by atoms with Gasteiger partial charge in [0.15, 0.2) is 0 Å². The molecule has 0 heterocycles. The van der Waals surface area contributed by atoms with Crippen LogP contribution in [-0.4, -0.2) is 39.3 Å². The monoisotopic (exact) mass is 346 g/mol. The zero-order chi connectivity index (χ0) is 18.8. The average Bonchev–Trinajstić information content (AvgIpc) is 2.58. The van der Waals surface area contributed by atoms with Crippen LogP contribution < -0.4 is 11.1 Å². The maximum Gasteiger partial charge on any atom is 0.325 e. The van der Waals surface area contributed by atoms with Gasteiger partial charge in [0, 0.05) is 5.69 Å². The smallest absolute Gasteiger partial charge is 0.325 e. The van der Waals surface area contributed by atoms with E-state index in [1.807, 2.05) is 30.3 Å². The molecule has 2 rings (SSSR count). The van der Waals surface area contributed by atoms with Crippen molar-refractivity contribution in [1.29, 1.82) is 0 Å². The number of carbonyl (C=O) groups is 2. The van der Waals surface area contributed by atoms with Gasteiger partial charge in [0.25, 0.3) is 0 Å². The summed E-state index contributed by atoms with van der Waals surface area (Å²) >= 11 is 0. The van der Waals surface area contributed by atoms with E-state index in [1.165, 1.54) is 12.1 Å². The number of phenols is 1. The van der Waals surface area contributed by atoms with Crippen LogP contribution in [0.1, 0.15) is 12.5 Å². The second-order valence-corrected chi connectivity index (χ2v) is 5.39. The van der Waals surface area contributed by atoms with E-state index in [4.69, 9.17) is 21.1 Å². The fraction of sp³-hybridized carbons (Fsp3) is 0.222. The first kappa shape index (κ1) is 20.0. The number of carboxylic acids is 2. The fourth-order valence-corrected chi connectivity index (χ4v) is 1.82. The highest BCUT2D eigenvalue weighted by Gasteiger charge is 2.11. The summed E-state index contributed by atoms with van der Waals surface area (Å²) in [6, 6.07) is 14.1. The van der Waals surface area contributed by atoms with Crippen molar-refractivity contribution < 1.29 is 24.9 Å². The van der Waals surface area contributed by atoms with Crippen LogP contribution in [-0.2, 0) is 16.0 Å². The largest absolute Gasteiger partial charge is 0.508 e. The molecule has 0 aliphatic rings. The Kier molecular flexibility index (Phi) is 7.95. The summed E-state index contributed by atoms with van der Waals surface area (Å²) in [5.74, 6) is -1.71. The van der Waals surface area contributed by atoms with Crippen LogP contribution in [0.4, 0.5) is 5.69 Å². The minimum Gasteiger partial charge on any atom is -0.508 e. The topological polar surface area (TPSA) is 133 Å². The number of aliphatic carboxylic acids is 2. The first-order chi connectivity index (χ1) is 11.8. The van der Waals surface area contributed by atoms with Crippen molar-refractivity contribution in [2.75, 3.05) is 5.32 Å². The highest BCUT2D eigenvalue weighted by Crippen LogP contribution is 2.10. The summed E-state index contributed by atoms with van der Waals surface area (Å²) in [5, 5.41) is 28.9. The van der Waals surface area contributed by atoms with Gasteiger partial charge in [0.2, 0.25) is 0 Å². The van der Waals surface area contributed by atoms with Crippen LogP contribution >= 0.6 is 0 Å². The Bertz CT molecular complexity index is 674. The lowest BCUT2D eigenvalue weighted by molar-refractivity contribution is -0.139. The molecule has 0 saturated carbocycles. The van der Waals surface area contributed by atoms with Crippen molar-refractivity contribution >= 4 is 17.6 Å². The molecule has 25 heavy (non-hydrogen) atoms. The molecule has 0 bridgehead atoms. The van der Waals surface area contributed by atoms with Crippen molar-refractivity contribution in [1.82, 2.24) is 0 Å². The molecule has 0 aliphatic carbocycles. The summed E-state index contributed by atoms with van der Waals surface area (Å²) in [6.45, 7) is 1.61. The molecule has 0 spiro atoms. The van der Waals surface area contributed by atoms with Gasteiger partial charge in [0.05, 0.1) is 0 Å². The molecule has 0 radical (unpaired) electrons. The van der Waals surface area contributed by atoms with Crippen molar-refractivity contribution in [3.63, 3.8) is 0 Å². The Morgan fingerprint density at radius 2 is 1.56 bits per heavy atom. The molecule has 2 unspecified atom stereocenters. The number of phenolic OH excluding ortho intramolecular Hbond substituents is 1. The van der Waals surface area contributed by atoms with Gasteiger partial charge in [-0.3, -0.25) is 9.59 Å². The predicted octanol–water partition coefficient (Wildman–Crippen LogP) is 1.92. The van der Waals surface area contributed by atoms with Gasteiger partial charge < -0.3 is 26.4 Å². The summed E-state index contributed by atoms with van der Waals surface area (Å²) in [4.78, 5) is 20.8. The number of para-hydroxylation sites is 1. The second-order valence-electron chi connectivity index (χ2n) is 5.39. The van der Waals surface area contributed by atoms with Gasteiger partial charge in [-0.1, -0.05) is 30.3 Å². The summed E-state index contributed by atoms with van der Waals surface area (Å²) in [5.41, 5.74) is 6.95. The second kappa shape index (κ2) is 9.94. The van der Waals surface area contributed by atoms with E-state index in [2.05, 4.69) is 5.32 Å². The fourth-order valence-electron chi connectivity index (χ4n) is 1.82. The quantitative estimate of drug-likeness (QED) is 0.539. The van der Waals surface area contributed by atoms with Crippen LogP contribution in [0, 0.1) is 0 Å². The maximum absolute atomic E-state index is 10.4. The molecule has 2 aromatic carbocycles. The van der Waals surface area contributed by atoms with Crippen molar-refractivity contribution in [3.8, 4) is 5.75 Å². The van der Waals surface area contributed by atoms with Gasteiger partial charge in [-0.25, -0.2) is 0 Å². The third kappa shape index (κ3) is 7.85. The highest BCUT2D eigenvalue weighted by molar-refractivity contribution is 5.76. The van der Waals surface area contributed by atoms with Crippen LogP contribution in [0.15, 0.2) is 54.6 Å². The zero-order valence-corrected chi connectivity index (χ0v) is 13.8. The van der Waals surface area contributed by atoms with Crippen LogP contribution in [0.2, 0.25) is 0 Å². The molecule has 6 N–H and O–H groups in total. The lowest BCUT2D eigenvalue weighted by Gasteiger charge is -2.09. The van der Waals surface area contributed by atoms with E-state index in [0.717, 1.165) is 11.3 Å². The van der Waals surface area contributed by atoms with Gasteiger partial charge in [-0.2, -0.15) is 0 Å². The average molecular weight is 346 g/mol. The van der Waals surface area contributed by atoms with E-state index >= 15 is 0 Å². The highest BCUT2D eigenvalue weighted by atomic mass is 16.4. The number of aromatic hydroxyl groups is 1. The summed E-state index contributed by atoms with van der Waals surface area (Å²) in [6.07, 6.45) is 0.273.